The third-order valence-corrected chi connectivity index (χ3v) is 5.07. The van der Waals surface area contributed by atoms with Crippen LogP contribution >= 0.6 is 34.8 Å². The van der Waals surface area contributed by atoms with Gasteiger partial charge < -0.3 is 10.1 Å². The molecule has 3 rings (SSSR count). The average molecular weight is 441 g/mol. The lowest BCUT2D eigenvalue weighted by Gasteiger charge is -2.13. The number of benzene rings is 2. The minimum absolute atomic E-state index is 0.361. The van der Waals surface area contributed by atoms with Gasteiger partial charge in [0.2, 0.25) is 5.95 Å². The maximum absolute atomic E-state index is 6.17. The standard InChI is InChI=1S/C19H20Cl3N5O/c1-2-3-8-27-19(24-25-26-27)23-11-14-10-15(20)5-7-18(14)28-12-13-4-6-16(21)17(22)9-13/h4-7,9-10H,2-3,8,11-12H2,1H3,(H,23,24,26). The second-order valence-corrected chi connectivity index (χ2v) is 7.47. The molecule has 0 saturated carbocycles. The van der Waals surface area contributed by atoms with Gasteiger partial charge in [0.25, 0.3) is 0 Å². The van der Waals surface area contributed by atoms with Crippen LogP contribution in [0.25, 0.3) is 0 Å². The Balaban J connectivity index is 1.68. The predicted molar refractivity (Wildman–Crippen MR) is 112 cm³/mol. The van der Waals surface area contributed by atoms with Crippen LogP contribution in [-0.2, 0) is 19.7 Å². The molecule has 0 aliphatic carbocycles. The van der Waals surface area contributed by atoms with Crippen molar-refractivity contribution >= 4 is 40.8 Å². The van der Waals surface area contributed by atoms with E-state index in [1.165, 1.54) is 0 Å². The Morgan fingerprint density at radius 1 is 1.07 bits per heavy atom. The molecule has 0 radical (unpaired) electrons. The van der Waals surface area contributed by atoms with Gasteiger partial charge in [0, 0.05) is 23.7 Å². The van der Waals surface area contributed by atoms with Gasteiger partial charge in [-0.15, -0.1) is 0 Å². The molecular formula is C19H20Cl3N5O. The van der Waals surface area contributed by atoms with E-state index in [2.05, 4.69) is 27.8 Å². The normalized spacial score (nSPS) is 10.9. The number of nitrogens with zero attached hydrogens (tertiary/aromatic N) is 4. The number of nitrogens with one attached hydrogen (secondary N) is 1. The molecule has 1 aromatic heterocycles. The number of rotatable bonds is 9. The van der Waals surface area contributed by atoms with E-state index >= 15 is 0 Å². The number of hydrogen-bond acceptors (Lipinski definition) is 5. The van der Waals surface area contributed by atoms with Crippen molar-refractivity contribution in [2.45, 2.75) is 39.5 Å². The monoisotopic (exact) mass is 439 g/mol. The van der Waals surface area contributed by atoms with Crippen LogP contribution in [0, 0.1) is 0 Å². The van der Waals surface area contributed by atoms with Crippen molar-refractivity contribution in [2.75, 3.05) is 5.32 Å². The van der Waals surface area contributed by atoms with Crippen molar-refractivity contribution in [3.05, 3.63) is 62.6 Å². The molecule has 0 spiro atoms. The Hall–Kier alpha value is -2.02. The number of unbranched alkanes of at least 4 members (excludes halogenated alkanes) is 1. The molecular weight excluding hydrogens is 421 g/mol. The Morgan fingerprint density at radius 2 is 1.93 bits per heavy atom. The van der Waals surface area contributed by atoms with Gasteiger partial charge in [-0.05, 0) is 52.7 Å². The van der Waals surface area contributed by atoms with Gasteiger partial charge in [0.05, 0.1) is 10.0 Å². The van der Waals surface area contributed by atoms with Crippen molar-refractivity contribution in [2.24, 2.45) is 0 Å². The predicted octanol–water partition coefficient (Wildman–Crippen LogP) is 5.62. The van der Waals surface area contributed by atoms with Gasteiger partial charge in [0.15, 0.2) is 0 Å². The van der Waals surface area contributed by atoms with E-state index in [4.69, 9.17) is 39.5 Å². The smallest absolute Gasteiger partial charge is 0.243 e. The highest BCUT2D eigenvalue weighted by atomic mass is 35.5. The summed E-state index contributed by atoms with van der Waals surface area (Å²) in [5.41, 5.74) is 1.82. The minimum atomic E-state index is 0.361. The molecule has 0 atom stereocenters. The summed E-state index contributed by atoms with van der Waals surface area (Å²) in [5.74, 6) is 1.33. The zero-order valence-corrected chi connectivity index (χ0v) is 17.6. The van der Waals surface area contributed by atoms with Crippen LogP contribution in [0.1, 0.15) is 30.9 Å². The zero-order chi connectivity index (χ0) is 19.9. The summed E-state index contributed by atoms with van der Waals surface area (Å²) in [6.45, 7) is 3.73. The maximum Gasteiger partial charge on any atom is 0.243 e. The fraction of sp³-hybridized carbons (Fsp3) is 0.316. The first kappa shape index (κ1) is 20.7. The van der Waals surface area contributed by atoms with Gasteiger partial charge >= 0.3 is 0 Å². The first-order valence-electron chi connectivity index (χ1n) is 8.92. The number of ether oxygens (including phenoxy) is 1. The SMILES string of the molecule is CCCCn1nnnc1NCc1cc(Cl)ccc1OCc1ccc(Cl)c(Cl)c1. The van der Waals surface area contributed by atoms with E-state index in [9.17, 15) is 0 Å². The summed E-state index contributed by atoms with van der Waals surface area (Å²) >= 11 is 18.2. The van der Waals surface area contributed by atoms with Gasteiger partial charge in [0.1, 0.15) is 12.4 Å². The molecule has 0 aliphatic heterocycles. The number of tetrazole rings is 1. The molecule has 148 valence electrons. The number of hydrogen-bond donors (Lipinski definition) is 1. The quantitative estimate of drug-likeness (QED) is 0.467. The van der Waals surface area contributed by atoms with E-state index in [0.29, 0.717) is 34.2 Å². The summed E-state index contributed by atoms with van der Waals surface area (Å²) in [7, 11) is 0. The van der Waals surface area contributed by atoms with Gasteiger partial charge in [-0.2, -0.15) is 0 Å². The van der Waals surface area contributed by atoms with Crippen LogP contribution in [0.5, 0.6) is 5.75 Å². The molecule has 0 saturated heterocycles. The van der Waals surface area contributed by atoms with Crippen molar-refractivity contribution in [3.8, 4) is 5.75 Å². The maximum atomic E-state index is 6.17. The first-order valence-corrected chi connectivity index (χ1v) is 10.1. The molecule has 6 nitrogen and oxygen atoms in total. The molecule has 0 fully saturated rings. The van der Waals surface area contributed by atoms with E-state index in [-0.39, 0.29) is 0 Å². The van der Waals surface area contributed by atoms with Gasteiger partial charge in [-0.25, -0.2) is 4.68 Å². The lowest BCUT2D eigenvalue weighted by atomic mass is 10.2. The number of aryl methyl sites for hydroxylation is 1. The summed E-state index contributed by atoms with van der Waals surface area (Å²) in [5, 5.41) is 16.7. The Kier molecular flexibility index (Phi) is 7.36. The topological polar surface area (TPSA) is 64.9 Å². The molecule has 0 bridgehead atoms. The van der Waals surface area contributed by atoms with Crippen LogP contribution in [0.2, 0.25) is 15.1 Å². The fourth-order valence-corrected chi connectivity index (χ4v) is 3.10. The first-order chi connectivity index (χ1) is 13.6. The van der Waals surface area contributed by atoms with Crippen LogP contribution in [0.4, 0.5) is 5.95 Å². The van der Waals surface area contributed by atoms with E-state index in [0.717, 1.165) is 36.3 Å². The van der Waals surface area contributed by atoms with Crippen LogP contribution < -0.4 is 10.1 Å². The molecule has 0 amide bonds. The second kappa shape index (κ2) is 9.96. The molecule has 0 unspecified atom stereocenters. The van der Waals surface area contributed by atoms with E-state index in [1.54, 1.807) is 22.9 Å². The lowest BCUT2D eigenvalue weighted by molar-refractivity contribution is 0.303. The number of anilines is 1. The van der Waals surface area contributed by atoms with Crippen molar-refractivity contribution in [1.82, 2.24) is 20.2 Å². The second-order valence-electron chi connectivity index (χ2n) is 6.22. The van der Waals surface area contributed by atoms with Crippen LogP contribution in [0.3, 0.4) is 0 Å². The van der Waals surface area contributed by atoms with Gasteiger partial charge in [-0.3, -0.25) is 0 Å². The van der Waals surface area contributed by atoms with E-state index in [1.807, 2.05) is 18.2 Å². The Morgan fingerprint density at radius 3 is 2.71 bits per heavy atom. The van der Waals surface area contributed by atoms with Crippen molar-refractivity contribution in [3.63, 3.8) is 0 Å². The molecule has 9 heteroatoms. The van der Waals surface area contributed by atoms with Crippen LogP contribution in [0.15, 0.2) is 36.4 Å². The molecule has 1 N–H and O–H groups in total. The zero-order valence-electron chi connectivity index (χ0n) is 15.3. The summed E-state index contributed by atoms with van der Waals surface area (Å²) in [6, 6.07) is 10.9. The minimum Gasteiger partial charge on any atom is -0.489 e. The van der Waals surface area contributed by atoms with Gasteiger partial charge in [-0.1, -0.05) is 59.3 Å². The third kappa shape index (κ3) is 5.50. The molecule has 2 aromatic carbocycles. The Labute approximate surface area is 178 Å². The summed E-state index contributed by atoms with van der Waals surface area (Å²) in [4.78, 5) is 0. The average Bonchev–Trinajstić information content (AvgIpc) is 3.14. The number of aromatic nitrogens is 4. The summed E-state index contributed by atoms with van der Waals surface area (Å²) < 4.78 is 7.73. The third-order valence-electron chi connectivity index (χ3n) is 4.09. The molecule has 3 aromatic rings. The highest BCUT2D eigenvalue weighted by Crippen LogP contribution is 2.26. The van der Waals surface area contributed by atoms with Crippen LogP contribution in [-0.4, -0.2) is 20.2 Å². The highest BCUT2D eigenvalue weighted by molar-refractivity contribution is 6.42. The largest absolute Gasteiger partial charge is 0.489 e. The van der Waals surface area contributed by atoms with Crippen molar-refractivity contribution in [1.29, 1.82) is 0 Å². The molecule has 0 aliphatic rings. The molecule has 1 heterocycles. The highest BCUT2D eigenvalue weighted by Gasteiger charge is 2.10. The Bertz CT molecular complexity index is 932. The van der Waals surface area contributed by atoms with E-state index < -0.39 is 0 Å². The van der Waals surface area contributed by atoms with Crippen molar-refractivity contribution < 1.29 is 4.74 Å². The summed E-state index contributed by atoms with van der Waals surface area (Å²) in [6.07, 6.45) is 2.08. The lowest BCUT2D eigenvalue weighted by Crippen LogP contribution is -2.10. The fourth-order valence-electron chi connectivity index (χ4n) is 2.58. The number of halogens is 3. The molecule has 28 heavy (non-hydrogen) atoms.